The van der Waals surface area contributed by atoms with Crippen molar-refractivity contribution in [2.75, 3.05) is 26.3 Å². The number of aromatic hydroxyl groups is 1. The van der Waals surface area contributed by atoms with Crippen molar-refractivity contribution >= 4 is 6.09 Å². The predicted octanol–water partition coefficient (Wildman–Crippen LogP) is 4.61. The van der Waals surface area contributed by atoms with E-state index in [1.807, 2.05) is 54.6 Å². The van der Waals surface area contributed by atoms with Crippen LogP contribution in [0.1, 0.15) is 35.1 Å². The van der Waals surface area contributed by atoms with Crippen LogP contribution in [0.4, 0.5) is 4.79 Å². The van der Waals surface area contributed by atoms with Crippen molar-refractivity contribution in [3.8, 4) is 11.5 Å². The molecule has 0 bridgehead atoms. The van der Waals surface area contributed by atoms with Gasteiger partial charge in [0.1, 0.15) is 11.5 Å². The number of likely N-dealkylation sites (tertiary alicyclic amines) is 1. The molecule has 0 aliphatic carbocycles. The molecule has 1 heterocycles. The third-order valence-electron chi connectivity index (χ3n) is 6.77. The number of benzene rings is 3. The van der Waals surface area contributed by atoms with Crippen LogP contribution in [-0.2, 0) is 18.3 Å². The molecule has 1 aliphatic rings. The molecule has 6 nitrogen and oxygen atoms in total. The molecule has 0 aromatic heterocycles. The third kappa shape index (κ3) is 5.18. The van der Waals surface area contributed by atoms with Gasteiger partial charge in [-0.15, -0.1) is 0 Å². The molecule has 0 atom stereocenters. The molecule has 1 saturated heterocycles. The highest BCUT2D eigenvalue weighted by atomic mass is 16.5. The van der Waals surface area contributed by atoms with Gasteiger partial charge in [0, 0.05) is 37.1 Å². The third-order valence-corrected chi connectivity index (χ3v) is 6.77. The lowest BCUT2D eigenvalue weighted by Crippen LogP contribution is -2.45. The molecule has 3 aromatic carbocycles. The molecular formula is C28H31NO5. The molecule has 1 aliphatic heterocycles. The number of rotatable bonds is 8. The maximum Gasteiger partial charge on any atom is 0.407 e. The van der Waals surface area contributed by atoms with E-state index in [0.717, 1.165) is 28.0 Å². The summed E-state index contributed by atoms with van der Waals surface area (Å²) in [6.45, 7) is 1.46. The van der Waals surface area contributed by atoms with Gasteiger partial charge in [-0.1, -0.05) is 54.6 Å². The summed E-state index contributed by atoms with van der Waals surface area (Å²) >= 11 is 0. The number of carbonyl (C=O) groups is 1. The van der Waals surface area contributed by atoms with Gasteiger partial charge in [-0.2, -0.15) is 0 Å². The number of nitrogens with zero attached hydrogens (tertiary/aromatic N) is 1. The topological polar surface area (TPSA) is 90.2 Å². The van der Waals surface area contributed by atoms with Crippen LogP contribution < -0.4 is 4.74 Å². The van der Waals surface area contributed by atoms with Gasteiger partial charge in [0.2, 0.25) is 0 Å². The second kappa shape index (κ2) is 10.6. The first-order chi connectivity index (χ1) is 16.5. The van der Waals surface area contributed by atoms with E-state index in [9.17, 15) is 15.0 Å². The van der Waals surface area contributed by atoms with Crippen LogP contribution in [0.15, 0.2) is 72.8 Å². The number of hydrogen-bond acceptors (Lipinski definition) is 4. The minimum absolute atomic E-state index is 0.127. The van der Waals surface area contributed by atoms with Crippen LogP contribution in [0.5, 0.6) is 11.5 Å². The van der Waals surface area contributed by atoms with Crippen molar-refractivity contribution in [2.45, 2.75) is 31.1 Å². The van der Waals surface area contributed by atoms with Gasteiger partial charge in [0.05, 0.1) is 6.61 Å². The minimum Gasteiger partial charge on any atom is -0.508 e. The Balaban J connectivity index is 1.53. The zero-order valence-electron chi connectivity index (χ0n) is 19.2. The lowest BCUT2D eigenvalue weighted by atomic mass is 9.67. The molecule has 0 saturated carbocycles. The Hall–Kier alpha value is -3.51. The zero-order chi connectivity index (χ0) is 24.0. The van der Waals surface area contributed by atoms with Crippen LogP contribution >= 0.6 is 0 Å². The summed E-state index contributed by atoms with van der Waals surface area (Å²) in [6, 6.07) is 23.5. The number of ether oxygens (including phenoxy) is 1. The number of amides is 1. The maximum atomic E-state index is 11.5. The molecule has 1 fully saturated rings. The first-order valence-corrected chi connectivity index (χ1v) is 11.7. The van der Waals surface area contributed by atoms with Crippen molar-refractivity contribution in [3.63, 3.8) is 0 Å². The van der Waals surface area contributed by atoms with E-state index in [1.165, 1.54) is 4.90 Å². The molecule has 34 heavy (non-hydrogen) atoms. The van der Waals surface area contributed by atoms with Gasteiger partial charge in [-0.3, -0.25) is 0 Å². The van der Waals surface area contributed by atoms with Gasteiger partial charge in [0.25, 0.3) is 0 Å². The summed E-state index contributed by atoms with van der Waals surface area (Å²) < 4.78 is 5.91. The molecule has 178 valence electrons. The number of hydrogen-bond donors (Lipinski definition) is 3. The smallest absolute Gasteiger partial charge is 0.407 e. The van der Waals surface area contributed by atoms with E-state index < -0.39 is 11.5 Å². The van der Waals surface area contributed by atoms with Crippen molar-refractivity contribution in [1.29, 1.82) is 0 Å². The number of aliphatic hydroxyl groups excluding tert-OH is 1. The van der Waals surface area contributed by atoms with E-state index in [2.05, 4.69) is 12.1 Å². The Morgan fingerprint density at radius 3 is 2.24 bits per heavy atom. The van der Waals surface area contributed by atoms with Crippen LogP contribution in [0.3, 0.4) is 0 Å². The Kier molecular flexibility index (Phi) is 7.38. The molecule has 3 aromatic rings. The predicted molar refractivity (Wildman–Crippen MR) is 131 cm³/mol. The molecular weight excluding hydrogens is 430 g/mol. The van der Waals surface area contributed by atoms with Crippen molar-refractivity contribution < 1.29 is 24.9 Å². The number of phenolic OH excluding ortho intramolecular Hbond substituents is 1. The normalized spacial score (nSPS) is 15.1. The van der Waals surface area contributed by atoms with Crippen molar-refractivity contribution in [3.05, 3.63) is 95.1 Å². The van der Waals surface area contributed by atoms with Crippen LogP contribution in [0.25, 0.3) is 0 Å². The summed E-state index contributed by atoms with van der Waals surface area (Å²) in [6.07, 6.45) is 1.62. The first kappa shape index (κ1) is 23.6. The molecule has 0 spiro atoms. The van der Waals surface area contributed by atoms with Gasteiger partial charge in [-0.05, 0) is 54.2 Å². The van der Waals surface area contributed by atoms with Crippen molar-refractivity contribution in [2.24, 2.45) is 0 Å². The molecule has 4 rings (SSSR count). The Morgan fingerprint density at radius 2 is 1.59 bits per heavy atom. The number of phenols is 1. The number of piperidine rings is 1. The van der Waals surface area contributed by atoms with E-state index in [4.69, 9.17) is 9.84 Å². The summed E-state index contributed by atoms with van der Waals surface area (Å²) in [5.74, 6) is 1.01. The summed E-state index contributed by atoms with van der Waals surface area (Å²) in [5, 5.41) is 29.4. The van der Waals surface area contributed by atoms with E-state index in [0.29, 0.717) is 45.4 Å². The van der Waals surface area contributed by atoms with E-state index >= 15 is 0 Å². The Labute approximate surface area is 200 Å². The van der Waals surface area contributed by atoms with Gasteiger partial charge in [0.15, 0.2) is 0 Å². The largest absolute Gasteiger partial charge is 0.508 e. The lowest BCUT2D eigenvalue weighted by Gasteiger charge is -2.42. The Morgan fingerprint density at radius 1 is 0.912 bits per heavy atom. The quantitative estimate of drug-likeness (QED) is 0.456. The van der Waals surface area contributed by atoms with Gasteiger partial charge < -0.3 is 25.0 Å². The van der Waals surface area contributed by atoms with Crippen molar-refractivity contribution in [1.82, 2.24) is 4.90 Å². The highest BCUT2D eigenvalue weighted by Gasteiger charge is 2.40. The van der Waals surface area contributed by atoms with Crippen LogP contribution in [0, 0.1) is 0 Å². The van der Waals surface area contributed by atoms with E-state index in [-0.39, 0.29) is 12.4 Å². The molecule has 0 unspecified atom stereocenters. The second-order valence-electron chi connectivity index (χ2n) is 8.79. The second-order valence-corrected chi connectivity index (χ2v) is 8.79. The van der Waals surface area contributed by atoms with Crippen LogP contribution in [-0.4, -0.2) is 52.6 Å². The summed E-state index contributed by atoms with van der Waals surface area (Å²) in [4.78, 5) is 12.9. The standard InChI is InChI=1S/C28H31NO5/c30-18-12-21-6-9-24(10-7-21)34-19-13-22-8-11-26(31)25(20-22)28(23-4-2-1-3-5-23)14-16-29(17-15-28)27(32)33/h1-11,20,30-31H,12-19H2,(H,32,33). The van der Waals surface area contributed by atoms with Gasteiger partial charge in [-0.25, -0.2) is 4.79 Å². The summed E-state index contributed by atoms with van der Waals surface area (Å²) in [7, 11) is 0. The van der Waals surface area contributed by atoms with Gasteiger partial charge >= 0.3 is 6.09 Å². The average Bonchev–Trinajstić information content (AvgIpc) is 2.87. The highest BCUT2D eigenvalue weighted by Crippen LogP contribution is 2.45. The first-order valence-electron chi connectivity index (χ1n) is 11.7. The van der Waals surface area contributed by atoms with E-state index in [1.54, 1.807) is 6.07 Å². The maximum absolute atomic E-state index is 11.5. The van der Waals surface area contributed by atoms with Crippen LogP contribution in [0.2, 0.25) is 0 Å². The molecule has 3 N–H and O–H groups in total. The molecule has 0 radical (unpaired) electrons. The fourth-order valence-electron chi connectivity index (χ4n) is 4.84. The average molecular weight is 462 g/mol. The monoisotopic (exact) mass is 461 g/mol. The molecule has 6 heteroatoms. The highest BCUT2D eigenvalue weighted by molar-refractivity contribution is 5.65. The Bertz CT molecular complexity index is 1090. The SMILES string of the molecule is O=C(O)N1CCC(c2ccccc2)(c2cc(CCOc3ccc(CCO)cc3)ccc2O)CC1. The number of aliphatic hydroxyl groups is 1. The fraction of sp³-hybridized carbons (Fsp3) is 0.321. The fourth-order valence-corrected chi connectivity index (χ4v) is 4.84. The number of carboxylic acid groups (broad SMARTS) is 1. The molecule has 1 amide bonds. The minimum atomic E-state index is -0.902. The summed E-state index contributed by atoms with van der Waals surface area (Å²) in [5.41, 5.74) is 3.61. The lowest BCUT2D eigenvalue weighted by molar-refractivity contribution is 0.122. The zero-order valence-corrected chi connectivity index (χ0v) is 19.2.